The van der Waals surface area contributed by atoms with Gasteiger partial charge in [0.2, 0.25) is 0 Å². The Balaban J connectivity index is 2.62. The zero-order chi connectivity index (χ0) is 13.3. The lowest BCUT2D eigenvalue weighted by Gasteiger charge is -2.09. The summed E-state index contributed by atoms with van der Waals surface area (Å²) in [6.45, 7) is 5.05. The van der Waals surface area contributed by atoms with Gasteiger partial charge in [-0.3, -0.25) is 9.13 Å². The van der Waals surface area contributed by atoms with Crippen LogP contribution in [-0.4, -0.2) is 16.2 Å². The molecule has 0 aliphatic rings. The maximum absolute atomic E-state index is 12.2. The molecule has 0 saturated carbocycles. The number of benzene rings is 1. The van der Waals surface area contributed by atoms with Crippen molar-refractivity contribution in [3.63, 3.8) is 0 Å². The Kier molecular flexibility index (Phi) is 3.45. The SMILES string of the molecule is CCC(C)Cn1c(=O)n(C)c2ccc(OC)cc21. The Morgan fingerprint density at radius 3 is 2.67 bits per heavy atom. The normalized spacial score (nSPS) is 12.9. The molecule has 0 N–H and O–H groups in total. The van der Waals surface area contributed by atoms with Gasteiger partial charge in [0.05, 0.1) is 18.1 Å². The first-order chi connectivity index (χ1) is 8.58. The van der Waals surface area contributed by atoms with E-state index in [0.29, 0.717) is 5.92 Å². The number of fused-ring (bicyclic) bond motifs is 1. The molecule has 2 aromatic rings. The number of nitrogens with zero attached hydrogens (tertiary/aromatic N) is 2. The monoisotopic (exact) mass is 248 g/mol. The average Bonchev–Trinajstić information content (AvgIpc) is 2.63. The fraction of sp³-hybridized carbons (Fsp3) is 0.500. The second-order valence-electron chi connectivity index (χ2n) is 4.82. The Hall–Kier alpha value is -1.71. The van der Waals surface area contributed by atoms with Crippen molar-refractivity contribution in [1.82, 2.24) is 9.13 Å². The zero-order valence-corrected chi connectivity index (χ0v) is 11.4. The minimum absolute atomic E-state index is 0.0403. The molecule has 4 heteroatoms. The van der Waals surface area contributed by atoms with Crippen LogP contribution in [0.2, 0.25) is 0 Å². The summed E-state index contributed by atoms with van der Waals surface area (Å²) in [5.41, 5.74) is 1.94. The van der Waals surface area contributed by atoms with Crippen molar-refractivity contribution in [2.45, 2.75) is 26.8 Å². The van der Waals surface area contributed by atoms with Gasteiger partial charge >= 0.3 is 5.69 Å². The van der Waals surface area contributed by atoms with Crippen molar-refractivity contribution in [3.8, 4) is 5.75 Å². The number of aromatic nitrogens is 2. The molecule has 2 rings (SSSR count). The molecule has 1 aromatic carbocycles. The van der Waals surface area contributed by atoms with Gasteiger partial charge in [-0.25, -0.2) is 4.79 Å². The first-order valence-electron chi connectivity index (χ1n) is 6.31. The van der Waals surface area contributed by atoms with Gasteiger partial charge in [0.25, 0.3) is 0 Å². The molecule has 18 heavy (non-hydrogen) atoms. The van der Waals surface area contributed by atoms with Gasteiger partial charge < -0.3 is 4.74 Å². The molecular formula is C14H20N2O2. The first kappa shape index (κ1) is 12.7. The molecule has 0 saturated heterocycles. The lowest BCUT2D eigenvalue weighted by atomic mass is 10.1. The molecule has 0 aliphatic carbocycles. The van der Waals surface area contributed by atoms with Crippen LogP contribution in [-0.2, 0) is 13.6 Å². The van der Waals surface area contributed by atoms with Gasteiger partial charge in [-0.1, -0.05) is 20.3 Å². The molecule has 0 fully saturated rings. The minimum Gasteiger partial charge on any atom is -0.497 e. The maximum atomic E-state index is 12.2. The second kappa shape index (κ2) is 4.88. The van der Waals surface area contributed by atoms with Crippen LogP contribution in [0.4, 0.5) is 0 Å². The minimum atomic E-state index is 0.0403. The Morgan fingerprint density at radius 2 is 2.06 bits per heavy atom. The third kappa shape index (κ3) is 2.03. The summed E-state index contributed by atoms with van der Waals surface area (Å²) in [5, 5.41) is 0. The van der Waals surface area contributed by atoms with E-state index in [2.05, 4.69) is 13.8 Å². The maximum Gasteiger partial charge on any atom is 0.328 e. The summed E-state index contributed by atoms with van der Waals surface area (Å²) >= 11 is 0. The van der Waals surface area contributed by atoms with Crippen LogP contribution in [0.3, 0.4) is 0 Å². The van der Waals surface area contributed by atoms with Crippen LogP contribution in [0, 0.1) is 5.92 Å². The fourth-order valence-corrected chi connectivity index (χ4v) is 2.13. The van der Waals surface area contributed by atoms with E-state index in [1.165, 1.54) is 0 Å². The highest BCUT2D eigenvalue weighted by Crippen LogP contribution is 2.20. The second-order valence-corrected chi connectivity index (χ2v) is 4.82. The lowest BCUT2D eigenvalue weighted by Crippen LogP contribution is -2.24. The predicted octanol–water partition coefficient (Wildman–Crippen LogP) is 2.39. The zero-order valence-electron chi connectivity index (χ0n) is 11.4. The third-order valence-corrected chi connectivity index (χ3v) is 3.54. The van der Waals surface area contributed by atoms with E-state index in [0.717, 1.165) is 29.7 Å². The molecule has 0 radical (unpaired) electrons. The number of ether oxygens (including phenoxy) is 1. The topological polar surface area (TPSA) is 36.2 Å². The molecule has 1 unspecified atom stereocenters. The number of hydrogen-bond acceptors (Lipinski definition) is 2. The number of rotatable bonds is 4. The lowest BCUT2D eigenvalue weighted by molar-refractivity contribution is 0.414. The molecule has 1 aromatic heterocycles. The predicted molar refractivity (Wildman–Crippen MR) is 73.2 cm³/mol. The van der Waals surface area contributed by atoms with Crippen molar-refractivity contribution in [2.24, 2.45) is 13.0 Å². The molecule has 98 valence electrons. The summed E-state index contributed by atoms with van der Waals surface area (Å²) in [4.78, 5) is 12.2. The van der Waals surface area contributed by atoms with E-state index >= 15 is 0 Å². The van der Waals surface area contributed by atoms with Crippen molar-refractivity contribution in [3.05, 3.63) is 28.7 Å². The van der Waals surface area contributed by atoms with Gasteiger partial charge in [-0.15, -0.1) is 0 Å². The molecule has 0 bridgehead atoms. The highest BCUT2D eigenvalue weighted by atomic mass is 16.5. The van der Waals surface area contributed by atoms with E-state index in [9.17, 15) is 4.79 Å². The highest BCUT2D eigenvalue weighted by Gasteiger charge is 2.13. The van der Waals surface area contributed by atoms with Crippen LogP contribution >= 0.6 is 0 Å². The summed E-state index contributed by atoms with van der Waals surface area (Å²) < 4.78 is 8.76. The van der Waals surface area contributed by atoms with Crippen molar-refractivity contribution in [1.29, 1.82) is 0 Å². The number of hydrogen-bond donors (Lipinski definition) is 0. The van der Waals surface area contributed by atoms with Crippen molar-refractivity contribution < 1.29 is 4.74 Å². The molecule has 0 aliphatic heterocycles. The number of aryl methyl sites for hydroxylation is 1. The largest absolute Gasteiger partial charge is 0.497 e. The third-order valence-electron chi connectivity index (χ3n) is 3.54. The van der Waals surface area contributed by atoms with Gasteiger partial charge in [0.1, 0.15) is 5.75 Å². The molecule has 0 amide bonds. The highest BCUT2D eigenvalue weighted by molar-refractivity contribution is 5.77. The number of imidazole rings is 1. The smallest absolute Gasteiger partial charge is 0.328 e. The standard InChI is InChI=1S/C14H20N2O2/c1-5-10(2)9-16-13-8-11(18-4)6-7-12(13)15(3)14(16)17/h6-8,10H,5,9H2,1-4H3. The van der Waals surface area contributed by atoms with E-state index < -0.39 is 0 Å². The number of methoxy groups -OCH3 is 1. The van der Waals surface area contributed by atoms with Gasteiger partial charge in [-0.05, 0) is 18.1 Å². The van der Waals surface area contributed by atoms with Crippen LogP contribution in [0.25, 0.3) is 11.0 Å². The average molecular weight is 248 g/mol. The Morgan fingerprint density at radius 1 is 1.33 bits per heavy atom. The van der Waals surface area contributed by atoms with Crippen molar-refractivity contribution >= 4 is 11.0 Å². The van der Waals surface area contributed by atoms with Crippen LogP contribution < -0.4 is 10.4 Å². The quantitative estimate of drug-likeness (QED) is 0.833. The van der Waals surface area contributed by atoms with E-state index in [4.69, 9.17) is 4.74 Å². The summed E-state index contributed by atoms with van der Waals surface area (Å²) in [7, 11) is 3.45. The Bertz CT molecular complexity index is 610. The summed E-state index contributed by atoms with van der Waals surface area (Å²) in [6.07, 6.45) is 1.06. The van der Waals surface area contributed by atoms with E-state index in [1.807, 2.05) is 29.8 Å². The van der Waals surface area contributed by atoms with E-state index in [1.54, 1.807) is 11.7 Å². The first-order valence-corrected chi connectivity index (χ1v) is 6.31. The molecule has 4 nitrogen and oxygen atoms in total. The Labute approximate surface area is 107 Å². The molecule has 1 heterocycles. The van der Waals surface area contributed by atoms with Crippen LogP contribution in [0.5, 0.6) is 5.75 Å². The summed E-state index contributed by atoms with van der Waals surface area (Å²) in [5.74, 6) is 1.27. The fourth-order valence-electron chi connectivity index (χ4n) is 2.13. The van der Waals surface area contributed by atoms with Gasteiger partial charge in [0, 0.05) is 19.7 Å². The summed E-state index contributed by atoms with van der Waals surface area (Å²) in [6, 6.07) is 5.75. The van der Waals surface area contributed by atoms with E-state index in [-0.39, 0.29) is 5.69 Å². The van der Waals surface area contributed by atoms with Crippen molar-refractivity contribution in [2.75, 3.05) is 7.11 Å². The molecular weight excluding hydrogens is 228 g/mol. The van der Waals surface area contributed by atoms with Gasteiger partial charge in [0.15, 0.2) is 0 Å². The van der Waals surface area contributed by atoms with Gasteiger partial charge in [-0.2, -0.15) is 0 Å². The molecule has 0 spiro atoms. The van der Waals surface area contributed by atoms with Crippen LogP contribution in [0.15, 0.2) is 23.0 Å². The van der Waals surface area contributed by atoms with Crippen LogP contribution in [0.1, 0.15) is 20.3 Å². The molecule has 1 atom stereocenters.